The van der Waals surface area contributed by atoms with E-state index in [2.05, 4.69) is 5.32 Å². The van der Waals surface area contributed by atoms with E-state index in [0.29, 0.717) is 0 Å². The molecule has 1 aromatic rings. The van der Waals surface area contributed by atoms with Gasteiger partial charge in [0, 0.05) is 0 Å². The number of alkyl halides is 3. The number of fused-ring (bicyclic) bond motifs is 1. The van der Waals surface area contributed by atoms with Crippen LogP contribution in [0.4, 0.5) is 0 Å². The minimum Gasteiger partial charge on any atom is -0.460 e. The van der Waals surface area contributed by atoms with Gasteiger partial charge in [0.25, 0.3) is 0 Å². The van der Waals surface area contributed by atoms with Crippen LogP contribution in [0.25, 0.3) is 0 Å². The van der Waals surface area contributed by atoms with Crippen LogP contribution in [-0.4, -0.2) is 59.5 Å². The summed E-state index contributed by atoms with van der Waals surface area (Å²) in [6, 6.07) is 6.97. The number of halogens is 3. The van der Waals surface area contributed by atoms with Gasteiger partial charge < -0.3 is 15.0 Å². The lowest BCUT2D eigenvalue weighted by Gasteiger charge is -2.43. The Balaban J connectivity index is 1.71. The molecule has 0 unspecified atom stereocenters. The van der Waals surface area contributed by atoms with Crippen LogP contribution in [-0.2, 0) is 36.3 Å². The number of nitrogens with zero attached hydrogens (tertiary/aromatic N) is 1. The van der Waals surface area contributed by atoms with Gasteiger partial charge in [0.1, 0.15) is 24.1 Å². The van der Waals surface area contributed by atoms with Crippen molar-refractivity contribution in [3.05, 3.63) is 35.9 Å². The number of esters is 1. The number of rotatable bonds is 5. The summed E-state index contributed by atoms with van der Waals surface area (Å²) < 4.78 is 15.1. The maximum absolute atomic E-state index is 13.0. The summed E-state index contributed by atoms with van der Waals surface area (Å²) in [6.45, 7) is 2.69. The molecule has 0 aromatic heterocycles. The normalized spacial score (nSPS) is 27.8. The Morgan fingerprint density at radius 3 is 2.45 bits per heavy atom. The van der Waals surface area contributed by atoms with Gasteiger partial charge in [0.15, 0.2) is 0 Å². The number of carbonyl (C=O) groups is 3. The lowest BCUT2D eigenvalue weighted by molar-refractivity contribution is -0.164. The number of amides is 2. The van der Waals surface area contributed by atoms with Crippen LogP contribution in [0.1, 0.15) is 19.4 Å². The molecule has 3 rings (SSSR count). The third-order valence-electron chi connectivity index (χ3n) is 4.88. The molecule has 2 saturated heterocycles. The van der Waals surface area contributed by atoms with Gasteiger partial charge in [-0.1, -0.05) is 65.1 Å². The highest BCUT2D eigenvalue weighted by molar-refractivity contribution is 7.87. The highest BCUT2D eigenvalue weighted by Crippen LogP contribution is 2.44. The van der Waals surface area contributed by atoms with E-state index in [-0.39, 0.29) is 12.3 Å². The zero-order chi connectivity index (χ0) is 21.6. The largest absolute Gasteiger partial charge is 0.460 e. The van der Waals surface area contributed by atoms with E-state index in [1.807, 2.05) is 6.07 Å². The average Bonchev–Trinajstić information content (AvgIpc) is 2.82. The quantitative estimate of drug-likeness (QED) is 0.393. The molecule has 11 heteroatoms. The number of ether oxygens (including phenoxy) is 1. The van der Waals surface area contributed by atoms with Gasteiger partial charge in [-0.2, -0.15) is 0 Å². The smallest absolute Gasteiger partial charge is 0.330 e. The molecule has 1 N–H and O–H groups in total. The van der Waals surface area contributed by atoms with Crippen LogP contribution in [0.5, 0.6) is 0 Å². The number of nitrogens with one attached hydrogen (secondary N) is 1. The maximum atomic E-state index is 13.0. The molecule has 2 aliphatic heterocycles. The Hall–Kier alpha value is -1.35. The van der Waals surface area contributed by atoms with Crippen molar-refractivity contribution >= 4 is 63.4 Å². The second-order valence-electron chi connectivity index (χ2n) is 7.37. The van der Waals surface area contributed by atoms with Gasteiger partial charge in [0.2, 0.25) is 15.6 Å². The molecule has 158 valence electrons. The zero-order valence-corrected chi connectivity index (χ0v) is 18.6. The van der Waals surface area contributed by atoms with E-state index in [1.165, 1.54) is 4.90 Å². The predicted molar refractivity (Wildman–Crippen MR) is 110 cm³/mol. The molecule has 4 atom stereocenters. The van der Waals surface area contributed by atoms with Crippen molar-refractivity contribution in [2.24, 2.45) is 0 Å². The number of hydrogen-bond donors (Lipinski definition) is 1. The van der Waals surface area contributed by atoms with Gasteiger partial charge in [-0.15, -0.1) is 0 Å². The Labute approximate surface area is 185 Å². The Kier molecular flexibility index (Phi) is 6.21. The average molecular weight is 482 g/mol. The monoisotopic (exact) mass is 480 g/mol. The van der Waals surface area contributed by atoms with E-state index in [4.69, 9.17) is 39.5 Å². The first-order chi connectivity index (χ1) is 13.4. The fourth-order valence-corrected chi connectivity index (χ4v) is 5.59. The van der Waals surface area contributed by atoms with Crippen LogP contribution >= 0.6 is 34.8 Å². The molecule has 2 fully saturated rings. The van der Waals surface area contributed by atoms with E-state index < -0.39 is 55.3 Å². The summed E-state index contributed by atoms with van der Waals surface area (Å²) >= 11 is 16.8. The molecule has 2 aliphatic rings. The van der Waals surface area contributed by atoms with Crippen molar-refractivity contribution in [2.75, 3.05) is 6.61 Å². The fraction of sp³-hybridized carbons (Fsp3) is 0.500. The molecular formula is C18H19Cl3N2O5S. The summed E-state index contributed by atoms with van der Waals surface area (Å²) in [6.07, 6.45) is 0.0854. The highest BCUT2D eigenvalue weighted by Gasteiger charge is 2.68. The van der Waals surface area contributed by atoms with Crippen LogP contribution in [0.15, 0.2) is 30.3 Å². The predicted octanol–water partition coefficient (Wildman–Crippen LogP) is 1.71. The Morgan fingerprint density at radius 1 is 1.24 bits per heavy atom. The Morgan fingerprint density at radius 2 is 1.86 bits per heavy atom. The number of carbonyl (C=O) groups excluding carboxylic acids is 3. The minimum absolute atomic E-state index is 0.0854. The van der Waals surface area contributed by atoms with Crippen LogP contribution in [0.3, 0.4) is 0 Å². The second kappa shape index (κ2) is 8.06. The summed E-state index contributed by atoms with van der Waals surface area (Å²) in [5, 5.41) is 1.81. The van der Waals surface area contributed by atoms with Crippen molar-refractivity contribution in [1.29, 1.82) is 0 Å². The molecular weight excluding hydrogens is 463 g/mol. The molecule has 2 heterocycles. The van der Waals surface area contributed by atoms with E-state index in [1.54, 1.807) is 38.1 Å². The first kappa shape index (κ1) is 22.3. The second-order valence-corrected chi connectivity index (χ2v) is 12.0. The SMILES string of the molecule is CC1(C)[C@@H](C(=O)OCC(Cl)(Cl)Cl)N2C(=O)[C@@H](NC(=O)Cc3ccccc3)[C@@H]2[S@]1=O. The van der Waals surface area contributed by atoms with Gasteiger partial charge in [-0.05, 0) is 19.4 Å². The van der Waals surface area contributed by atoms with Crippen LogP contribution < -0.4 is 5.32 Å². The van der Waals surface area contributed by atoms with Crippen molar-refractivity contribution in [3.63, 3.8) is 0 Å². The number of β-lactam (4-membered cyclic amide) rings is 1. The summed E-state index contributed by atoms with van der Waals surface area (Å²) in [7, 11) is -1.62. The van der Waals surface area contributed by atoms with E-state index in [0.717, 1.165) is 5.56 Å². The lowest BCUT2D eigenvalue weighted by atomic mass is 9.96. The van der Waals surface area contributed by atoms with Crippen molar-refractivity contribution < 1.29 is 23.3 Å². The molecule has 1 aromatic carbocycles. The van der Waals surface area contributed by atoms with Gasteiger partial charge >= 0.3 is 5.97 Å². The number of hydrogen-bond acceptors (Lipinski definition) is 5. The highest BCUT2D eigenvalue weighted by atomic mass is 35.6. The first-order valence-electron chi connectivity index (χ1n) is 8.73. The number of benzene rings is 1. The van der Waals surface area contributed by atoms with Crippen LogP contribution in [0.2, 0.25) is 0 Å². The van der Waals surface area contributed by atoms with Gasteiger partial charge in [-0.3, -0.25) is 13.8 Å². The van der Waals surface area contributed by atoms with E-state index in [9.17, 15) is 18.6 Å². The van der Waals surface area contributed by atoms with E-state index >= 15 is 0 Å². The molecule has 0 bridgehead atoms. The maximum Gasteiger partial charge on any atom is 0.330 e. The van der Waals surface area contributed by atoms with Gasteiger partial charge in [0.05, 0.1) is 22.0 Å². The summed E-state index contributed by atoms with van der Waals surface area (Å²) in [5.41, 5.74) is 0.787. The molecule has 29 heavy (non-hydrogen) atoms. The molecule has 7 nitrogen and oxygen atoms in total. The molecule has 0 aliphatic carbocycles. The van der Waals surface area contributed by atoms with Crippen molar-refractivity contribution in [3.8, 4) is 0 Å². The first-order valence-corrected chi connectivity index (χ1v) is 11.1. The van der Waals surface area contributed by atoms with Crippen molar-refractivity contribution in [1.82, 2.24) is 10.2 Å². The summed E-state index contributed by atoms with van der Waals surface area (Å²) in [5.74, 6) is -1.67. The molecule has 0 spiro atoms. The van der Waals surface area contributed by atoms with Crippen LogP contribution in [0, 0.1) is 0 Å². The fourth-order valence-electron chi connectivity index (χ4n) is 3.51. The molecule has 0 radical (unpaired) electrons. The molecule has 2 amide bonds. The third kappa shape index (κ3) is 4.40. The third-order valence-corrected chi connectivity index (χ3v) is 7.41. The molecule has 0 saturated carbocycles. The zero-order valence-electron chi connectivity index (χ0n) is 15.6. The summed E-state index contributed by atoms with van der Waals surface area (Å²) in [4.78, 5) is 38.7. The Bertz CT molecular complexity index is 859. The van der Waals surface area contributed by atoms with Crippen molar-refractivity contribution in [2.45, 2.75) is 46.3 Å². The van der Waals surface area contributed by atoms with Gasteiger partial charge in [-0.25, -0.2) is 4.79 Å². The lowest BCUT2D eigenvalue weighted by Crippen LogP contribution is -2.71. The standard InChI is InChI=1S/C18H19Cl3N2O5S/c1-17(2)13(16(26)28-9-18(19,20)21)23-14(25)12(15(23)29(17)27)22-11(24)8-10-6-4-3-5-7-10/h3-7,12-13,15H,8-9H2,1-2H3,(H,22,24)/t12-,13-,15+,29-/m1/s1. The topological polar surface area (TPSA) is 92.8 Å². The minimum atomic E-state index is -1.80.